The molecule has 3 atom stereocenters. The van der Waals surface area contributed by atoms with Gasteiger partial charge in [0.15, 0.2) is 12.5 Å². The molecule has 9 heterocycles. The molecule has 0 aromatic carbocycles. The number of epoxide rings is 3. The first kappa shape index (κ1) is 97.8. The Kier molecular flexibility index (Phi) is 38.7. The van der Waals surface area contributed by atoms with Crippen molar-refractivity contribution in [3.8, 4) is 0 Å². The zero-order valence-corrected chi connectivity index (χ0v) is 63.4. The Morgan fingerprint density at radius 3 is 0.817 bits per heavy atom. The van der Waals surface area contributed by atoms with E-state index in [0.29, 0.717) is 60.9 Å². The quantitative estimate of drug-likeness (QED) is 0.00253. The maximum atomic E-state index is 12.6. The molecular formula is C65H82N18O37. The van der Waals surface area contributed by atoms with E-state index in [2.05, 4.69) is 55.8 Å². The van der Waals surface area contributed by atoms with Crippen molar-refractivity contribution in [3.05, 3.63) is 277 Å². The maximum Gasteiger partial charge on any atom is 0.338 e. The highest BCUT2D eigenvalue weighted by Gasteiger charge is 2.32. The summed E-state index contributed by atoms with van der Waals surface area (Å²) in [5.41, 5.74) is -15.5. The lowest BCUT2D eigenvalue weighted by Crippen LogP contribution is -2.55. The molecule has 3 unspecified atom stereocenters. The second-order valence-electron chi connectivity index (χ2n) is 23.8. The molecule has 0 aliphatic carbocycles. The number of carbonyl (C=O) groups is 5. The van der Waals surface area contributed by atoms with Crippen molar-refractivity contribution in [3.63, 3.8) is 0 Å². The first-order chi connectivity index (χ1) is 56.9. The molecule has 120 heavy (non-hydrogen) atoms. The van der Waals surface area contributed by atoms with Gasteiger partial charge in [0, 0.05) is 31.3 Å². The minimum Gasteiger partial charge on any atom is -0.481 e. The normalized spacial score (nSPS) is 13.6. The average Bonchev–Trinajstić information content (AvgIpc) is 1.56. The fourth-order valence-corrected chi connectivity index (χ4v) is 9.62. The molecule has 3 aliphatic rings. The van der Waals surface area contributed by atoms with Crippen LogP contribution in [0.25, 0.3) is 0 Å². The SMILES string of the molecule is C=C(Cn1c(=O)n(CCC(=O)O)c(=O)n(CCC(=O)O)c1=O)OO.C=CC(=O)OCCn1c(=O)n(CCOC(=O)C=C)c(=O)n(CCOC(=O)C=C)c1=O.C=CCn1c(=O)n(CC=C)c(=O)n(CC=C)c1=O.O=c1[nH]c(=O)[nH]c(=O)[nH]1.O=c1n(CC2CO2)c(=O)n(CC2CO2)c(=O)n1CC1CO1.O=c1n(CCO)c(=O)n(COO)c(=O)n1CCO. The van der Waals surface area contributed by atoms with Crippen LogP contribution in [0.2, 0.25) is 0 Å². The number of aromatic amines is 3. The second-order valence-corrected chi connectivity index (χ2v) is 23.8. The molecule has 6 aromatic heterocycles. The van der Waals surface area contributed by atoms with Crippen LogP contribution >= 0.6 is 0 Å². The van der Waals surface area contributed by atoms with E-state index in [-0.39, 0.29) is 116 Å². The Morgan fingerprint density at radius 2 is 0.592 bits per heavy atom. The molecule has 3 saturated heterocycles. The van der Waals surface area contributed by atoms with Crippen molar-refractivity contribution in [2.24, 2.45) is 0 Å². The molecule has 55 nitrogen and oxygen atoms in total. The van der Waals surface area contributed by atoms with Gasteiger partial charge in [0.1, 0.15) is 19.8 Å². The average molecular weight is 1710 g/mol. The number of H-pyrrole nitrogens is 3. The molecule has 0 radical (unpaired) electrons. The maximum absolute atomic E-state index is 12.6. The number of esters is 3. The van der Waals surface area contributed by atoms with Gasteiger partial charge in [-0.15, -0.1) is 19.7 Å². The number of carboxylic acid groups (broad SMARTS) is 2. The zero-order chi connectivity index (χ0) is 89.9. The number of aromatic nitrogens is 18. The Labute approximate surface area is 663 Å². The van der Waals surface area contributed by atoms with E-state index in [4.69, 9.17) is 59.4 Å². The Morgan fingerprint density at radius 1 is 0.358 bits per heavy atom. The van der Waals surface area contributed by atoms with E-state index in [1.807, 2.05) is 0 Å². The Balaban J connectivity index is 0.000000310. The molecule has 0 spiro atoms. The van der Waals surface area contributed by atoms with Crippen molar-refractivity contribution in [1.29, 1.82) is 0 Å². The molecule has 55 heteroatoms. The van der Waals surface area contributed by atoms with Crippen LogP contribution in [0.4, 0.5) is 0 Å². The number of ether oxygens (including phenoxy) is 6. The largest absolute Gasteiger partial charge is 0.481 e. The van der Waals surface area contributed by atoms with Gasteiger partial charge in [-0.3, -0.25) is 24.5 Å². The van der Waals surface area contributed by atoms with Gasteiger partial charge in [-0.1, -0.05) is 44.5 Å². The third-order valence-corrected chi connectivity index (χ3v) is 15.5. The summed E-state index contributed by atoms with van der Waals surface area (Å²) in [5, 5.41) is 51.6. The lowest BCUT2D eigenvalue weighted by molar-refractivity contribution is -0.270. The number of nitrogens with zero attached hydrogens (tertiary/aromatic N) is 15. The van der Waals surface area contributed by atoms with E-state index < -0.39 is 185 Å². The van der Waals surface area contributed by atoms with Crippen molar-refractivity contribution in [2.75, 3.05) is 52.9 Å². The minimum atomic E-state index is -1.28. The number of hydrogen-bond donors (Lipinski definition) is 9. The number of rotatable bonds is 39. The summed E-state index contributed by atoms with van der Waals surface area (Å²) in [7, 11) is 0. The molecule has 9 rings (SSSR count). The van der Waals surface area contributed by atoms with Crippen LogP contribution in [0.1, 0.15) is 12.8 Å². The van der Waals surface area contributed by atoms with Gasteiger partial charge in [0.25, 0.3) is 0 Å². The minimum absolute atomic E-state index is 0.0478. The van der Waals surface area contributed by atoms with E-state index >= 15 is 0 Å². The first-order valence-corrected chi connectivity index (χ1v) is 34.5. The third-order valence-electron chi connectivity index (χ3n) is 15.5. The fraction of sp³-hybridized carbons (Fsp3) is 0.431. The summed E-state index contributed by atoms with van der Waals surface area (Å²) in [6.45, 7) is 19.5. The van der Waals surface area contributed by atoms with Crippen LogP contribution in [-0.4, -0.2) is 215 Å². The molecule has 3 fully saturated rings. The van der Waals surface area contributed by atoms with Gasteiger partial charge in [-0.25, -0.2) is 185 Å². The van der Waals surface area contributed by atoms with Crippen molar-refractivity contribution >= 4 is 29.8 Å². The number of hydrogen-bond acceptors (Lipinski definition) is 35. The predicted octanol–water partition coefficient (Wildman–Crippen LogP) is -12.1. The van der Waals surface area contributed by atoms with E-state index in [1.54, 1.807) is 15.0 Å². The fourth-order valence-electron chi connectivity index (χ4n) is 9.62. The Hall–Kier alpha value is -14.5. The smallest absolute Gasteiger partial charge is 0.338 e. The monoisotopic (exact) mass is 1710 g/mol. The third kappa shape index (κ3) is 28.1. The van der Waals surface area contributed by atoms with Gasteiger partial charge in [0.2, 0.25) is 0 Å². The standard InChI is InChI=1S/C18H21N3O9.C12H15N3O9.C12H15N3O6.C12H15N3O3.C8H13N3O7.C3H3N3O3/c1-4-13(22)28-10-7-19-16(25)20(8-11-29-14(23)5-2)18(27)21(17(19)26)9-12-30-15(24)6-3;1-7(24-23)6-15-11(21)13(4-2-8(16)17)10(20)14(12(15)22)5-3-9(18)19;16-10-13(1-7-4-19-7)11(17)15(3-9-6-21-9)12(18)14(10)2-8-5-20-8;1-4-7-13-10(16)14(8-5-2)12(18)15(9-6-3)11(13)17;12-3-1-9-6(14)10(2-4-13)8(16)11(5-18-17)7(9)15;7-1-4-2(8)6-3(9)5-1/h4-6H,1-3,7-12H2;23H,1-6H2,(H,16,17)(H,18,19);7-9H,1-6H2;4-6H,1-3,7-9H2;12-13,17H,1-5H2;(H3,4,5,6,7,8,9). The number of aliphatic hydroxyl groups excluding tert-OH is 2. The van der Waals surface area contributed by atoms with Crippen LogP contribution in [0.3, 0.4) is 0 Å². The number of carboxylic acids is 2. The topological polar surface area (TPSA) is 719 Å². The molecule has 0 amide bonds. The summed E-state index contributed by atoms with van der Waals surface area (Å²) in [4.78, 5) is 280. The lowest BCUT2D eigenvalue weighted by Gasteiger charge is -2.14. The summed E-state index contributed by atoms with van der Waals surface area (Å²) < 4.78 is 40.7. The van der Waals surface area contributed by atoms with Crippen LogP contribution < -0.4 is 102 Å². The van der Waals surface area contributed by atoms with Crippen molar-refractivity contribution < 1.29 is 93.1 Å². The number of allylic oxidation sites excluding steroid dienone is 4. The van der Waals surface area contributed by atoms with Gasteiger partial charge >= 0.3 is 132 Å². The van der Waals surface area contributed by atoms with E-state index in [1.165, 1.54) is 18.2 Å². The molecule has 6 aromatic rings. The highest BCUT2D eigenvalue weighted by atomic mass is 17.1. The number of carbonyl (C=O) groups excluding carboxylic acids is 3. The number of aliphatic hydroxyl groups is 2. The van der Waals surface area contributed by atoms with Crippen LogP contribution in [0.5, 0.6) is 0 Å². The predicted molar refractivity (Wildman–Crippen MR) is 403 cm³/mol. The molecule has 0 bridgehead atoms. The van der Waals surface area contributed by atoms with Gasteiger partial charge in [-0.2, -0.15) is 0 Å². The second kappa shape index (κ2) is 47.5. The summed E-state index contributed by atoms with van der Waals surface area (Å²) >= 11 is 0. The van der Waals surface area contributed by atoms with Gasteiger partial charge in [-0.05, 0) is 0 Å². The van der Waals surface area contributed by atoms with Crippen molar-refractivity contribution in [1.82, 2.24) is 83.5 Å². The lowest BCUT2D eigenvalue weighted by atomic mass is 10.4. The van der Waals surface area contributed by atoms with Crippen LogP contribution in [0, 0.1) is 0 Å². The highest BCUT2D eigenvalue weighted by Crippen LogP contribution is 2.12. The van der Waals surface area contributed by atoms with Gasteiger partial charge < -0.3 is 53.7 Å². The summed E-state index contributed by atoms with van der Waals surface area (Å²) in [6.07, 6.45) is 5.49. The van der Waals surface area contributed by atoms with Gasteiger partial charge in [0.05, 0.1) is 143 Å². The first-order valence-electron chi connectivity index (χ1n) is 34.5. The van der Waals surface area contributed by atoms with Crippen molar-refractivity contribution in [2.45, 2.75) is 130 Å². The van der Waals surface area contributed by atoms with E-state index in [0.717, 1.165) is 45.6 Å². The molecule has 0 saturated carbocycles. The Bertz CT molecular complexity index is 5340. The molecule has 9 N–H and O–H groups in total. The van der Waals surface area contributed by atoms with E-state index in [9.17, 15) is 110 Å². The van der Waals surface area contributed by atoms with Crippen LogP contribution in [-0.2, 0) is 161 Å². The molecule has 654 valence electrons. The summed E-state index contributed by atoms with van der Waals surface area (Å²) in [6, 6.07) is 0. The molecule has 3 aliphatic heterocycles. The number of nitrogens with one attached hydrogen (secondary N) is 3. The highest BCUT2D eigenvalue weighted by molar-refractivity contribution is 5.81. The number of aliphatic carboxylic acids is 2. The summed E-state index contributed by atoms with van der Waals surface area (Å²) in [5.74, 6) is -5.22. The molecular weight excluding hydrogens is 1620 g/mol. The zero-order valence-electron chi connectivity index (χ0n) is 63.4. The van der Waals surface area contributed by atoms with Crippen LogP contribution in [0.15, 0.2) is 175 Å².